The summed E-state index contributed by atoms with van der Waals surface area (Å²) in [6.45, 7) is 3.32. The van der Waals surface area contributed by atoms with Gasteiger partial charge in [0.05, 0.1) is 29.8 Å². The van der Waals surface area contributed by atoms with E-state index in [4.69, 9.17) is 9.47 Å². The number of rotatable bonds is 5. The third-order valence-electron chi connectivity index (χ3n) is 7.03. The van der Waals surface area contributed by atoms with Crippen molar-refractivity contribution in [2.75, 3.05) is 39.5 Å². The van der Waals surface area contributed by atoms with Gasteiger partial charge < -0.3 is 18.8 Å². The molecule has 33 heavy (non-hydrogen) atoms. The van der Waals surface area contributed by atoms with Crippen LogP contribution in [0.3, 0.4) is 0 Å². The van der Waals surface area contributed by atoms with E-state index in [9.17, 15) is 9.18 Å². The number of hydrogen-bond donors (Lipinski definition) is 0. The Morgan fingerprint density at radius 3 is 2.79 bits per heavy atom. The van der Waals surface area contributed by atoms with Crippen LogP contribution < -0.4 is 0 Å². The molecule has 1 aromatic carbocycles. The fourth-order valence-corrected chi connectivity index (χ4v) is 5.22. The maximum absolute atomic E-state index is 14.5. The lowest BCUT2D eigenvalue weighted by atomic mass is 9.73. The first-order chi connectivity index (χ1) is 16.1. The van der Waals surface area contributed by atoms with Gasteiger partial charge in [0.1, 0.15) is 5.82 Å². The number of ether oxygens (including phenoxy) is 2. The second-order valence-corrected chi connectivity index (χ2v) is 9.23. The van der Waals surface area contributed by atoms with Gasteiger partial charge in [-0.25, -0.2) is 4.39 Å². The molecule has 2 aliphatic rings. The summed E-state index contributed by atoms with van der Waals surface area (Å²) in [4.78, 5) is 20.5. The quantitative estimate of drug-likeness (QED) is 0.596. The van der Waals surface area contributed by atoms with Crippen LogP contribution in [0.2, 0.25) is 0 Å². The number of hydrogen-bond acceptors (Lipinski definition) is 4. The van der Waals surface area contributed by atoms with Crippen LogP contribution in [-0.2, 0) is 27.1 Å². The molecule has 3 aromatic rings. The van der Waals surface area contributed by atoms with Crippen molar-refractivity contribution >= 4 is 11.4 Å². The van der Waals surface area contributed by atoms with Crippen LogP contribution in [-0.4, -0.2) is 59.7 Å². The fourth-order valence-electron chi connectivity index (χ4n) is 5.22. The van der Waals surface area contributed by atoms with Crippen LogP contribution in [0.1, 0.15) is 24.1 Å². The first-order valence-corrected chi connectivity index (χ1v) is 11.7. The monoisotopic (exact) mass is 451 g/mol. The summed E-state index contributed by atoms with van der Waals surface area (Å²) >= 11 is 0. The number of benzene rings is 1. The van der Waals surface area contributed by atoms with E-state index in [1.54, 1.807) is 12.1 Å². The fraction of sp³-hybridized carbons (Fsp3) is 0.462. The average Bonchev–Trinajstić information content (AvgIpc) is 3.21. The van der Waals surface area contributed by atoms with Crippen molar-refractivity contribution in [1.29, 1.82) is 0 Å². The molecule has 2 fully saturated rings. The van der Waals surface area contributed by atoms with E-state index in [0.29, 0.717) is 64.3 Å². The van der Waals surface area contributed by atoms with Gasteiger partial charge in [-0.2, -0.15) is 0 Å². The first-order valence-electron chi connectivity index (χ1n) is 11.7. The zero-order chi connectivity index (χ0) is 22.7. The Morgan fingerprint density at radius 2 is 1.94 bits per heavy atom. The van der Waals surface area contributed by atoms with Gasteiger partial charge in [-0.1, -0.05) is 18.2 Å². The third-order valence-corrected chi connectivity index (χ3v) is 7.03. The Kier molecular flexibility index (Phi) is 6.42. The average molecular weight is 452 g/mol. The molecule has 0 N–H and O–H groups in total. The number of carbonyl (C=O) groups is 1. The molecule has 0 spiro atoms. The summed E-state index contributed by atoms with van der Waals surface area (Å²) in [5.41, 5.74) is 2.05. The van der Waals surface area contributed by atoms with Crippen molar-refractivity contribution in [2.24, 2.45) is 11.3 Å². The van der Waals surface area contributed by atoms with Crippen molar-refractivity contribution in [3.63, 3.8) is 0 Å². The molecular formula is C26H30FN3O3. The highest BCUT2D eigenvalue weighted by molar-refractivity contribution is 5.83. The zero-order valence-electron chi connectivity index (χ0n) is 18.8. The molecule has 2 aliphatic heterocycles. The van der Waals surface area contributed by atoms with Crippen molar-refractivity contribution in [1.82, 2.24) is 14.3 Å². The van der Waals surface area contributed by atoms with E-state index in [0.717, 1.165) is 17.6 Å². The lowest BCUT2D eigenvalue weighted by Crippen LogP contribution is -2.50. The van der Waals surface area contributed by atoms with Crippen molar-refractivity contribution in [2.45, 2.75) is 25.7 Å². The molecule has 0 radical (unpaired) electrons. The molecule has 0 saturated carbocycles. The normalized spacial score (nSPS) is 21.1. The summed E-state index contributed by atoms with van der Waals surface area (Å²) in [6.07, 6.45) is 8.11. The second kappa shape index (κ2) is 9.61. The lowest BCUT2D eigenvalue weighted by molar-refractivity contribution is -0.148. The molecule has 5 rings (SSSR count). The molecule has 0 unspecified atom stereocenters. The number of nitrogens with zero attached hydrogens (tertiary/aromatic N) is 3. The second-order valence-electron chi connectivity index (χ2n) is 9.23. The molecule has 0 aliphatic carbocycles. The predicted molar refractivity (Wildman–Crippen MR) is 122 cm³/mol. The van der Waals surface area contributed by atoms with Gasteiger partial charge >= 0.3 is 0 Å². The smallest absolute Gasteiger partial charge is 0.229 e. The van der Waals surface area contributed by atoms with Crippen molar-refractivity contribution < 1.29 is 18.7 Å². The molecule has 4 heterocycles. The van der Waals surface area contributed by atoms with E-state index in [1.165, 1.54) is 6.07 Å². The van der Waals surface area contributed by atoms with Crippen LogP contribution in [0.5, 0.6) is 0 Å². The third kappa shape index (κ3) is 4.66. The molecule has 1 amide bonds. The highest BCUT2D eigenvalue weighted by Gasteiger charge is 2.43. The molecule has 7 heteroatoms. The molecule has 0 bridgehead atoms. The summed E-state index contributed by atoms with van der Waals surface area (Å²) in [6, 6.07) is 10.9. The number of aromatic nitrogens is 2. The number of halogens is 1. The molecule has 2 aromatic heterocycles. The lowest BCUT2D eigenvalue weighted by Gasteiger charge is -2.40. The maximum Gasteiger partial charge on any atom is 0.229 e. The molecule has 174 valence electrons. The summed E-state index contributed by atoms with van der Waals surface area (Å²) in [5.74, 6) is -0.00609. The van der Waals surface area contributed by atoms with Crippen LogP contribution in [0.4, 0.5) is 4.39 Å². The van der Waals surface area contributed by atoms with Crippen molar-refractivity contribution in [3.8, 4) is 0 Å². The van der Waals surface area contributed by atoms with Crippen molar-refractivity contribution in [3.05, 3.63) is 72.1 Å². The van der Waals surface area contributed by atoms with Crippen LogP contribution in [0, 0.1) is 17.2 Å². The summed E-state index contributed by atoms with van der Waals surface area (Å²) in [5, 5.41) is 0. The highest BCUT2D eigenvalue weighted by Crippen LogP contribution is 2.37. The van der Waals surface area contributed by atoms with Gasteiger partial charge in [-0.15, -0.1) is 0 Å². The van der Waals surface area contributed by atoms with Gasteiger partial charge in [0.25, 0.3) is 0 Å². The molecule has 2 saturated heterocycles. The van der Waals surface area contributed by atoms with Gasteiger partial charge in [0.15, 0.2) is 0 Å². The Balaban J connectivity index is 1.37. The Bertz CT molecular complexity index is 1110. The SMILES string of the molecule is O=C(N1CCOC[C@@H](Cc2nccn3cccc23)C1)C1(Cc2ccccc2F)CCOCC1. The van der Waals surface area contributed by atoms with Gasteiger partial charge in [-0.05, 0) is 49.4 Å². The first kappa shape index (κ1) is 22.0. The van der Waals surface area contributed by atoms with Crippen LogP contribution >= 0.6 is 0 Å². The number of amides is 1. The number of fused-ring (bicyclic) bond motifs is 1. The van der Waals surface area contributed by atoms with E-state index in [-0.39, 0.29) is 17.6 Å². The zero-order valence-corrected chi connectivity index (χ0v) is 18.8. The standard InChI is InChI=1S/C26H30FN3O3/c27-22-5-2-1-4-21(22)17-26(7-13-32-14-8-26)25(31)30-12-15-33-19-20(18-30)16-23-24-6-3-10-29(24)11-9-28-23/h1-6,9-11,20H,7-8,12-19H2/t20-/m0/s1. The topological polar surface area (TPSA) is 56.1 Å². The number of carbonyl (C=O) groups excluding carboxylic acids is 1. The Labute approximate surface area is 193 Å². The highest BCUT2D eigenvalue weighted by atomic mass is 19.1. The molecule has 6 nitrogen and oxygen atoms in total. The Morgan fingerprint density at radius 1 is 1.09 bits per heavy atom. The Hall–Kier alpha value is -2.77. The minimum atomic E-state index is -0.644. The molecular weight excluding hydrogens is 421 g/mol. The van der Waals surface area contributed by atoms with Gasteiger partial charge in [0, 0.05) is 50.8 Å². The van der Waals surface area contributed by atoms with E-state index in [1.807, 2.05) is 35.6 Å². The summed E-state index contributed by atoms with van der Waals surface area (Å²) in [7, 11) is 0. The molecule has 1 atom stereocenters. The van der Waals surface area contributed by atoms with Crippen LogP contribution in [0.25, 0.3) is 5.52 Å². The summed E-state index contributed by atoms with van der Waals surface area (Å²) < 4.78 is 28.1. The van der Waals surface area contributed by atoms with Crippen LogP contribution in [0.15, 0.2) is 55.0 Å². The minimum absolute atomic E-state index is 0.0957. The van der Waals surface area contributed by atoms with Gasteiger partial charge in [0.2, 0.25) is 5.91 Å². The van der Waals surface area contributed by atoms with E-state index >= 15 is 0 Å². The van der Waals surface area contributed by atoms with E-state index in [2.05, 4.69) is 15.5 Å². The minimum Gasteiger partial charge on any atom is -0.381 e. The largest absolute Gasteiger partial charge is 0.381 e. The van der Waals surface area contributed by atoms with E-state index < -0.39 is 5.41 Å². The maximum atomic E-state index is 14.5. The van der Waals surface area contributed by atoms with Gasteiger partial charge in [-0.3, -0.25) is 9.78 Å². The predicted octanol–water partition coefficient (Wildman–Crippen LogP) is 3.53.